The number of hydrazone groups is 1. The highest BCUT2D eigenvalue weighted by atomic mass is 35.5. The lowest BCUT2D eigenvalue weighted by molar-refractivity contribution is 0.470. The third-order valence-electron chi connectivity index (χ3n) is 5.19. The Morgan fingerprint density at radius 1 is 1.00 bits per heavy atom. The second-order valence-electron chi connectivity index (χ2n) is 7.86. The van der Waals surface area contributed by atoms with Crippen LogP contribution in [0.4, 0.5) is 5.69 Å². The normalized spacial score (nSPS) is 16.7. The fraction of sp³-hybridized carbons (Fsp3) is 0.130. The van der Waals surface area contributed by atoms with Crippen LogP contribution < -0.4 is 10.5 Å². The second-order valence-corrected chi connectivity index (χ2v) is 11.6. The summed E-state index contributed by atoms with van der Waals surface area (Å²) in [6.07, 6.45) is 1.00. The minimum Gasteiger partial charge on any atom is -0.367 e. The Balaban J connectivity index is 1.64. The highest BCUT2D eigenvalue weighted by Crippen LogP contribution is 2.29. The molecular formula is C23H22ClN5O4S2. The molecule has 0 aromatic heterocycles. The molecule has 35 heavy (non-hydrogen) atoms. The van der Waals surface area contributed by atoms with Crippen LogP contribution in [0.3, 0.4) is 0 Å². The predicted octanol–water partition coefficient (Wildman–Crippen LogP) is 3.22. The van der Waals surface area contributed by atoms with Gasteiger partial charge < -0.3 is 5.73 Å². The van der Waals surface area contributed by atoms with Crippen molar-refractivity contribution in [2.75, 3.05) is 17.5 Å². The molecule has 0 aliphatic carbocycles. The van der Waals surface area contributed by atoms with Crippen LogP contribution in [0.2, 0.25) is 5.02 Å². The van der Waals surface area contributed by atoms with E-state index in [0.717, 1.165) is 17.4 Å². The number of hydrogen-bond donors (Lipinski definition) is 2. The van der Waals surface area contributed by atoms with Gasteiger partial charge in [-0.3, -0.25) is 4.72 Å². The Kier molecular flexibility index (Phi) is 6.84. The van der Waals surface area contributed by atoms with Crippen LogP contribution in [0.1, 0.15) is 17.0 Å². The van der Waals surface area contributed by atoms with E-state index in [2.05, 4.69) is 14.2 Å². The minimum absolute atomic E-state index is 0.139. The van der Waals surface area contributed by atoms with E-state index in [0.29, 0.717) is 17.3 Å². The van der Waals surface area contributed by atoms with E-state index in [1.165, 1.54) is 29.3 Å². The van der Waals surface area contributed by atoms with Gasteiger partial charge in [-0.2, -0.15) is 13.5 Å². The number of anilines is 1. The van der Waals surface area contributed by atoms with Crippen molar-refractivity contribution in [2.45, 2.75) is 10.8 Å². The number of guanidine groups is 1. The monoisotopic (exact) mass is 531 g/mol. The fourth-order valence-corrected chi connectivity index (χ4v) is 5.22. The van der Waals surface area contributed by atoms with Gasteiger partial charge in [0.1, 0.15) is 0 Å². The number of hydrogen-bond acceptors (Lipinski definition) is 5. The van der Waals surface area contributed by atoms with Gasteiger partial charge in [0, 0.05) is 16.6 Å². The van der Waals surface area contributed by atoms with E-state index >= 15 is 0 Å². The van der Waals surface area contributed by atoms with Crippen molar-refractivity contribution < 1.29 is 16.8 Å². The molecule has 0 spiro atoms. The first kappa shape index (κ1) is 24.7. The van der Waals surface area contributed by atoms with Crippen LogP contribution >= 0.6 is 11.6 Å². The number of sulfonamides is 2. The Bertz CT molecular complexity index is 1490. The lowest BCUT2D eigenvalue weighted by Crippen LogP contribution is -2.33. The van der Waals surface area contributed by atoms with Crippen LogP contribution in [0, 0.1) is 0 Å². The largest absolute Gasteiger partial charge is 0.367 e. The summed E-state index contributed by atoms with van der Waals surface area (Å²) in [5.74, 6) is -0.455. The predicted molar refractivity (Wildman–Crippen MR) is 138 cm³/mol. The fourth-order valence-electron chi connectivity index (χ4n) is 3.60. The zero-order chi connectivity index (χ0) is 25.2. The van der Waals surface area contributed by atoms with Gasteiger partial charge in [0.25, 0.3) is 10.0 Å². The third-order valence-corrected chi connectivity index (χ3v) is 7.34. The van der Waals surface area contributed by atoms with Crippen molar-refractivity contribution in [1.82, 2.24) is 5.01 Å². The van der Waals surface area contributed by atoms with Crippen molar-refractivity contribution in [3.8, 4) is 0 Å². The lowest BCUT2D eigenvalue weighted by Gasteiger charge is -2.15. The zero-order valence-electron chi connectivity index (χ0n) is 18.5. The smallest absolute Gasteiger partial charge is 0.285 e. The first-order valence-corrected chi connectivity index (χ1v) is 14.1. The summed E-state index contributed by atoms with van der Waals surface area (Å²) in [6.45, 7) is 0.296. The van der Waals surface area contributed by atoms with E-state index in [4.69, 9.17) is 17.3 Å². The summed E-state index contributed by atoms with van der Waals surface area (Å²) in [7, 11) is -7.66. The standard InChI is InChI=1S/C23H22ClN5O4S2/c1-34(30,31)27-19-11-13-20(14-12-19)35(32,33)28-23(25)29-15-21(16-5-3-2-4-6-16)22(26-29)17-7-9-18(24)10-8-17/h2-14,21,27H,15H2,1H3,(H2,25,28). The van der Waals surface area contributed by atoms with Crippen molar-refractivity contribution in [2.24, 2.45) is 15.2 Å². The summed E-state index contributed by atoms with van der Waals surface area (Å²) in [6, 6.07) is 22.0. The molecule has 3 N–H and O–H groups in total. The Morgan fingerprint density at radius 3 is 2.23 bits per heavy atom. The topological polar surface area (TPSA) is 134 Å². The molecule has 0 bridgehead atoms. The Labute approximate surface area is 209 Å². The molecular weight excluding hydrogens is 510 g/mol. The van der Waals surface area contributed by atoms with E-state index in [9.17, 15) is 16.8 Å². The van der Waals surface area contributed by atoms with Gasteiger partial charge >= 0.3 is 0 Å². The molecule has 0 radical (unpaired) electrons. The molecule has 1 atom stereocenters. The van der Waals surface area contributed by atoms with Gasteiger partial charge in [0.2, 0.25) is 16.0 Å². The maximum absolute atomic E-state index is 12.8. The number of nitrogens with one attached hydrogen (secondary N) is 1. The minimum atomic E-state index is -4.17. The van der Waals surface area contributed by atoms with Crippen molar-refractivity contribution >= 4 is 49.0 Å². The molecule has 3 aromatic carbocycles. The lowest BCUT2D eigenvalue weighted by atomic mass is 9.91. The molecule has 12 heteroatoms. The maximum atomic E-state index is 12.8. The van der Waals surface area contributed by atoms with Crippen LogP contribution in [0.5, 0.6) is 0 Å². The van der Waals surface area contributed by atoms with Gasteiger partial charge in [0.05, 0.1) is 23.4 Å². The van der Waals surface area contributed by atoms with Gasteiger partial charge in [-0.25, -0.2) is 13.4 Å². The molecule has 182 valence electrons. The second kappa shape index (κ2) is 9.68. The van der Waals surface area contributed by atoms with E-state index in [1.54, 1.807) is 12.1 Å². The molecule has 9 nitrogen and oxygen atoms in total. The highest BCUT2D eigenvalue weighted by Gasteiger charge is 2.31. The molecule has 1 aliphatic heterocycles. The van der Waals surface area contributed by atoms with Crippen LogP contribution in [-0.2, 0) is 20.0 Å². The number of nitrogens with two attached hydrogens (primary N) is 1. The van der Waals surface area contributed by atoms with Crippen LogP contribution in [-0.4, -0.2) is 46.3 Å². The maximum Gasteiger partial charge on any atom is 0.285 e. The number of benzene rings is 3. The SMILES string of the molecule is CS(=O)(=O)Nc1ccc(S(=O)(=O)/N=C(\N)N2CC(c3ccccc3)C(c3ccc(Cl)cc3)=N2)cc1. The Hall–Kier alpha value is -3.41. The first-order chi connectivity index (χ1) is 16.5. The summed E-state index contributed by atoms with van der Waals surface area (Å²) >= 11 is 6.03. The van der Waals surface area contributed by atoms with Gasteiger partial charge in [-0.1, -0.05) is 54.1 Å². The van der Waals surface area contributed by atoms with Crippen LogP contribution in [0.15, 0.2) is 93.3 Å². The highest BCUT2D eigenvalue weighted by molar-refractivity contribution is 7.92. The summed E-state index contributed by atoms with van der Waals surface area (Å²) in [5, 5.41) is 6.54. The summed E-state index contributed by atoms with van der Waals surface area (Å²) < 4.78 is 54.4. The number of nitrogens with zero attached hydrogens (tertiary/aromatic N) is 3. The molecule has 1 heterocycles. The molecule has 1 aliphatic rings. The zero-order valence-corrected chi connectivity index (χ0v) is 20.9. The summed E-state index contributed by atoms with van der Waals surface area (Å²) in [4.78, 5) is -0.139. The first-order valence-electron chi connectivity index (χ1n) is 10.4. The third kappa shape index (κ3) is 5.99. The number of halogens is 1. The molecule has 4 rings (SSSR count). The molecule has 0 amide bonds. The van der Waals surface area contributed by atoms with Crippen molar-refractivity contribution in [3.63, 3.8) is 0 Å². The quantitative estimate of drug-likeness (QED) is 0.370. The molecule has 0 saturated heterocycles. The average Bonchev–Trinajstić information content (AvgIpc) is 3.25. The van der Waals surface area contributed by atoms with E-state index in [-0.39, 0.29) is 22.5 Å². The van der Waals surface area contributed by atoms with E-state index in [1.807, 2.05) is 42.5 Å². The molecule has 3 aromatic rings. The van der Waals surface area contributed by atoms with E-state index < -0.39 is 20.0 Å². The molecule has 0 fully saturated rings. The Morgan fingerprint density at radius 2 is 1.63 bits per heavy atom. The number of rotatable bonds is 6. The van der Waals surface area contributed by atoms with Gasteiger partial charge in [0.15, 0.2) is 0 Å². The molecule has 1 unspecified atom stereocenters. The summed E-state index contributed by atoms with van der Waals surface area (Å²) in [5.41, 5.74) is 8.86. The van der Waals surface area contributed by atoms with Crippen molar-refractivity contribution in [3.05, 3.63) is 95.0 Å². The molecule has 0 saturated carbocycles. The van der Waals surface area contributed by atoms with Gasteiger partial charge in [-0.05, 0) is 47.5 Å². The van der Waals surface area contributed by atoms with Gasteiger partial charge in [-0.15, -0.1) is 4.40 Å². The van der Waals surface area contributed by atoms with Crippen molar-refractivity contribution in [1.29, 1.82) is 0 Å². The average molecular weight is 532 g/mol. The van der Waals surface area contributed by atoms with Crippen LogP contribution in [0.25, 0.3) is 0 Å².